The molecule has 0 spiro atoms. The molecule has 4 N–H and O–H groups in total. The van der Waals surface area contributed by atoms with Crippen molar-refractivity contribution in [2.45, 2.75) is 19.1 Å². The van der Waals surface area contributed by atoms with Crippen LogP contribution in [-0.2, 0) is 0 Å². The molecule has 2 atom stereocenters. The molecular weight excluding hydrogens is 234 g/mol. The van der Waals surface area contributed by atoms with Crippen LogP contribution in [0, 0.1) is 6.92 Å². The fourth-order valence-electron chi connectivity index (χ4n) is 1.27. The summed E-state index contributed by atoms with van der Waals surface area (Å²) in [4.78, 5) is 0. The summed E-state index contributed by atoms with van der Waals surface area (Å²) in [5, 5.41) is 19.5. The van der Waals surface area contributed by atoms with E-state index in [9.17, 15) is 10.2 Å². The van der Waals surface area contributed by atoms with Crippen LogP contribution in [0.4, 0.5) is 5.69 Å². The Morgan fingerprint density at radius 3 is 2.53 bits per heavy atom. The van der Waals surface area contributed by atoms with Crippen molar-refractivity contribution < 1.29 is 10.2 Å². The highest BCUT2D eigenvalue weighted by Gasteiger charge is 2.18. The molecule has 15 heavy (non-hydrogen) atoms. The van der Waals surface area contributed by atoms with Crippen molar-refractivity contribution in [2.24, 2.45) is 0 Å². The monoisotopic (exact) mass is 247 g/mol. The van der Waals surface area contributed by atoms with Gasteiger partial charge in [-0.3, -0.25) is 0 Å². The van der Waals surface area contributed by atoms with Gasteiger partial charge in [-0.1, -0.05) is 17.7 Å². The highest BCUT2D eigenvalue weighted by Crippen LogP contribution is 2.28. The number of nitrogen functional groups attached to an aromatic ring is 1. The van der Waals surface area contributed by atoms with Crippen molar-refractivity contribution in [2.75, 3.05) is 11.5 Å². The molecule has 1 aromatic carbocycles. The second kappa shape index (κ2) is 5.07. The van der Waals surface area contributed by atoms with Gasteiger partial charge in [0.15, 0.2) is 0 Å². The molecule has 0 amide bonds. The molecule has 0 saturated carbocycles. The van der Waals surface area contributed by atoms with Crippen LogP contribution >= 0.6 is 24.2 Å². The lowest BCUT2D eigenvalue weighted by Crippen LogP contribution is -2.20. The first-order valence-electron chi connectivity index (χ1n) is 4.50. The zero-order valence-corrected chi connectivity index (χ0v) is 9.96. The maximum absolute atomic E-state index is 9.73. The number of benzene rings is 1. The second-order valence-corrected chi connectivity index (χ2v) is 4.20. The summed E-state index contributed by atoms with van der Waals surface area (Å²) in [5.41, 5.74) is 7.49. The molecule has 0 aromatic heterocycles. The van der Waals surface area contributed by atoms with Crippen LogP contribution in [0.3, 0.4) is 0 Å². The number of halogens is 1. The van der Waals surface area contributed by atoms with Crippen LogP contribution in [0.5, 0.6) is 0 Å². The Morgan fingerprint density at radius 1 is 1.47 bits per heavy atom. The molecule has 0 saturated heterocycles. The first-order chi connectivity index (χ1) is 6.97. The molecule has 5 heteroatoms. The summed E-state index contributed by atoms with van der Waals surface area (Å²) in [6.07, 6.45) is -1.90. The van der Waals surface area contributed by atoms with Crippen LogP contribution in [0.2, 0.25) is 5.02 Å². The maximum Gasteiger partial charge on any atom is 0.106 e. The number of aryl methyl sites for hydroxylation is 1. The van der Waals surface area contributed by atoms with Crippen molar-refractivity contribution in [3.8, 4) is 0 Å². The summed E-state index contributed by atoms with van der Waals surface area (Å²) in [7, 11) is 0. The molecule has 0 bridgehead atoms. The van der Waals surface area contributed by atoms with Crippen LogP contribution in [-0.4, -0.2) is 22.1 Å². The van der Waals surface area contributed by atoms with Crippen molar-refractivity contribution in [3.05, 3.63) is 28.3 Å². The van der Waals surface area contributed by atoms with E-state index < -0.39 is 12.2 Å². The molecule has 0 heterocycles. The molecule has 0 aliphatic carbocycles. The largest absolute Gasteiger partial charge is 0.397 e. The molecule has 1 aromatic rings. The smallest absolute Gasteiger partial charge is 0.106 e. The highest BCUT2D eigenvalue weighted by molar-refractivity contribution is 7.80. The van der Waals surface area contributed by atoms with E-state index in [-0.39, 0.29) is 5.75 Å². The van der Waals surface area contributed by atoms with E-state index in [1.54, 1.807) is 19.1 Å². The third-order valence-corrected chi connectivity index (χ3v) is 2.94. The first kappa shape index (κ1) is 12.6. The van der Waals surface area contributed by atoms with E-state index in [0.717, 1.165) is 5.56 Å². The first-order valence-corrected chi connectivity index (χ1v) is 5.51. The van der Waals surface area contributed by atoms with Gasteiger partial charge < -0.3 is 15.9 Å². The topological polar surface area (TPSA) is 66.5 Å². The van der Waals surface area contributed by atoms with Crippen LogP contribution < -0.4 is 5.73 Å². The van der Waals surface area contributed by atoms with Crippen LogP contribution in [0.15, 0.2) is 12.1 Å². The summed E-state index contributed by atoms with van der Waals surface area (Å²) < 4.78 is 0. The summed E-state index contributed by atoms with van der Waals surface area (Å²) >= 11 is 9.78. The number of anilines is 1. The third-order valence-electron chi connectivity index (χ3n) is 2.25. The van der Waals surface area contributed by atoms with Gasteiger partial charge in [-0.15, -0.1) is 0 Å². The van der Waals surface area contributed by atoms with Gasteiger partial charge in [0.2, 0.25) is 0 Å². The quantitative estimate of drug-likeness (QED) is 0.484. The van der Waals surface area contributed by atoms with Gasteiger partial charge in [0.1, 0.15) is 6.10 Å². The van der Waals surface area contributed by atoms with E-state index in [2.05, 4.69) is 12.6 Å². The number of thiol groups is 1. The molecular formula is C10H14ClNO2S. The van der Waals surface area contributed by atoms with Crippen molar-refractivity contribution >= 4 is 29.9 Å². The van der Waals surface area contributed by atoms with Crippen molar-refractivity contribution in [1.29, 1.82) is 0 Å². The Morgan fingerprint density at radius 2 is 2.07 bits per heavy atom. The standard InChI is InChI=1S/C10H14ClNO2S/c1-5-2-6(3-7(11)9(5)12)10(14)8(13)4-15/h2-3,8,10,13-15H,4,12H2,1H3. The number of aliphatic hydroxyl groups excluding tert-OH is 2. The van der Waals surface area contributed by atoms with Gasteiger partial charge in [0.25, 0.3) is 0 Å². The number of hydrogen-bond acceptors (Lipinski definition) is 4. The number of hydrogen-bond donors (Lipinski definition) is 4. The minimum Gasteiger partial charge on any atom is -0.397 e. The summed E-state index contributed by atoms with van der Waals surface area (Å²) in [6.45, 7) is 1.80. The predicted molar refractivity (Wildman–Crippen MR) is 65.4 cm³/mol. The second-order valence-electron chi connectivity index (χ2n) is 3.43. The van der Waals surface area contributed by atoms with Gasteiger partial charge >= 0.3 is 0 Å². The molecule has 0 aliphatic rings. The van der Waals surface area contributed by atoms with Gasteiger partial charge in [-0.05, 0) is 24.1 Å². The Kier molecular flexibility index (Phi) is 4.28. The number of aliphatic hydroxyl groups is 2. The van der Waals surface area contributed by atoms with E-state index >= 15 is 0 Å². The van der Waals surface area contributed by atoms with Gasteiger partial charge in [-0.2, -0.15) is 12.6 Å². The minimum absolute atomic E-state index is 0.183. The number of rotatable bonds is 3. The number of nitrogens with two attached hydrogens (primary N) is 1. The Hall–Kier alpha value is -0.420. The third kappa shape index (κ3) is 2.78. The fraction of sp³-hybridized carbons (Fsp3) is 0.400. The highest BCUT2D eigenvalue weighted by atomic mass is 35.5. The lowest BCUT2D eigenvalue weighted by atomic mass is 10.0. The van der Waals surface area contributed by atoms with E-state index in [0.29, 0.717) is 16.3 Å². The van der Waals surface area contributed by atoms with Crippen molar-refractivity contribution in [1.82, 2.24) is 0 Å². The average Bonchev–Trinajstić information content (AvgIpc) is 2.23. The maximum atomic E-state index is 9.73. The molecule has 0 aliphatic heterocycles. The Balaban J connectivity index is 3.06. The molecule has 3 nitrogen and oxygen atoms in total. The molecule has 84 valence electrons. The van der Waals surface area contributed by atoms with E-state index in [1.807, 2.05) is 0 Å². The van der Waals surface area contributed by atoms with E-state index in [1.165, 1.54) is 0 Å². The average molecular weight is 248 g/mol. The van der Waals surface area contributed by atoms with E-state index in [4.69, 9.17) is 17.3 Å². The Labute approximate surface area is 99.3 Å². The van der Waals surface area contributed by atoms with Crippen LogP contribution in [0.1, 0.15) is 17.2 Å². The van der Waals surface area contributed by atoms with Gasteiger partial charge in [0.05, 0.1) is 16.8 Å². The lowest BCUT2D eigenvalue weighted by Gasteiger charge is -2.17. The van der Waals surface area contributed by atoms with Crippen molar-refractivity contribution in [3.63, 3.8) is 0 Å². The normalized spacial score (nSPS) is 15.0. The minimum atomic E-state index is -0.987. The molecule has 0 radical (unpaired) electrons. The molecule has 0 fully saturated rings. The fourth-order valence-corrected chi connectivity index (χ4v) is 1.75. The summed E-state index contributed by atoms with van der Waals surface area (Å²) in [6, 6.07) is 3.26. The zero-order valence-electron chi connectivity index (χ0n) is 8.31. The van der Waals surface area contributed by atoms with Gasteiger partial charge in [-0.25, -0.2) is 0 Å². The summed E-state index contributed by atoms with van der Waals surface area (Å²) in [5.74, 6) is 0.183. The Bertz CT molecular complexity index is 336. The zero-order chi connectivity index (χ0) is 11.6. The predicted octanol–water partition coefficient (Wildman–Crippen LogP) is 1.55. The molecule has 1 rings (SSSR count). The van der Waals surface area contributed by atoms with Crippen LogP contribution in [0.25, 0.3) is 0 Å². The van der Waals surface area contributed by atoms with Gasteiger partial charge in [0, 0.05) is 5.75 Å². The SMILES string of the molecule is Cc1cc(C(O)C(O)CS)cc(Cl)c1N. The molecule has 2 unspecified atom stereocenters. The lowest BCUT2D eigenvalue weighted by molar-refractivity contribution is 0.0337.